The molecule has 0 fully saturated rings. The fourth-order valence-electron chi connectivity index (χ4n) is 1.90. The zero-order valence-electron chi connectivity index (χ0n) is 10.2. The van der Waals surface area contributed by atoms with Crippen molar-refractivity contribution >= 4 is 10.9 Å². The second kappa shape index (κ2) is 4.66. The summed E-state index contributed by atoms with van der Waals surface area (Å²) in [6, 6.07) is 8.36. The Kier molecular flexibility index (Phi) is 3.25. The van der Waals surface area contributed by atoms with Crippen LogP contribution >= 0.6 is 0 Å². The molecule has 0 atom stereocenters. The summed E-state index contributed by atoms with van der Waals surface area (Å²) >= 11 is 0. The second-order valence-corrected chi connectivity index (χ2v) is 4.61. The van der Waals surface area contributed by atoms with E-state index in [1.54, 1.807) is 0 Å². The largest absolute Gasteiger partial charge is 0.311 e. The lowest BCUT2D eigenvalue weighted by molar-refractivity contribution is 0.546. The normalized spacial score (nSPS) is 11.5. The maximum absolute atomic E-state index is 4.54. The molecular weight excluding hydrogens is 198 g/mol. The topological polar surface area (TPSA) is 29.9 Å². The molecule has 0 radical (unpaired) electrons. The Morgan fingerprint density at radius 2 is 2.06 bits per heavy atom. The van der Waals surface area contributed by atoms with Crippen LogP contribution < -0.4 is 5.32 Å². The summed E-state index contributed by atoms with van der Waals surface area (Å²) < 4.78 is 1.95. The minimum atomic E-state index is 0.676. The number of hydrogen-bond acceptors (Lipinski definition) is 2. The van der Waals surface area contributed by atoms with Gasteiger partial charge in [-0.1, -0.05) is 32.0 Å². The molecule has 16 heavy (non-hydrogen) atoms. The van der Waals surface area contributed by atoms with Crippen molar-refractivity contribution in [2.45, 2.75) is 20.4 Å². The molecule has 86 valence electrons. The molecular formula is C13H19N3. The molecule has 0 saturated heterocycles. The summed E-state index contributed by atoms with van der Waals surface area (Å²) in [4.78, 5) is 0. The van der Waals surface area contributed by atoms with Crippen molar-refractivity contribution in [3.8, 4) is 0 Å². The summed E-state index contributed by atoms with van der Waals surface area (Å²) in [6.07, 6.45) is 0. The first-order valence-corrected chi connectivity index (χ1v) is 5.80. The molecule has 0 aliphatic carbocycles. The summed E-state index contributed by atoms with van der Waals surface area (Å²) in [7, 11) is 1.99. The van der Waals surface area contributed by atoms with Gasteiger partial charge >= 0.3 is 0 Å². The molecule has 0 aliphatic rings. The molecule has 1 N–H and O–H groups in total. The third-order valence-electron chi connectivity index (χ3n) is 2.68. The zero-order chi connectivity index (χ0) is 11.5. The first-order chi connectivity index (χ1) is 7.68. The molecule has 0 spiro atoms. The number of nitrogens with one attached hydrogen (secondary N) is 1. The highest BCUT2D eigenvalue weighted by Gasteiger charge is 2.06. The van der Waals surface area contributed by atoms with Gasteiger partial charge in [0.15, 0.2) is 0 Å². The van der Waals surface area contributed by atoms with Crippen molar-refractivity contribution < 1.29 is 0 Å². The van der Waals surface area contributed by atoms with Gasteiger partial charge in [-0.05, 0) is 18.5 Å². The van der Waals surface area contributed by atoms with Crippen molar-refractivity contribution in [3.05, 3.63) is 30.0 Å². The zero-order valence-corrected chi connectivity index (χ0v) is 10.2. The summed E-state index contributed by atoms with van der Waals surface area (Å²) in [5, 5.41) is 9.22. The highest BCUT2D eigenvalue weighted by Crippen LogP contribution is 2.16. The van der Waals surface area contributed by atoms with E-state index in [1.807, 2.05) is 11.7 Å². The lowest BCUT2D eigenvalue weighted by Gasteiger charge is -2.05. The predicted octanol–water partition coefficient (Wildman–Crippen LogP) is 2.32. The van der Waals surface area contributed by atoms with Gasteiger partial charge in [-0.2, -0.15) is 5.10 Å². The number of aryl methyl sites for hydroxylation is 1. The maximum atomic E-state index is 4.54. The first kappa shape index (κ1) is 11.1. The van der Waals surface area contributed by atoms with Crippen LogP contribution in [0.15, 0.2) is 24.3 Å². The Bertz CT molecular complexity index is 471. The Hall–Kier alpha value is -1.35. The number of hydrogen-bond donors (Lipinski definition) is 1. The maximum Gasteiger partial charge on any atom is 0.0841 e. The molecule has 0 aliphatic heterocycles. The van der Waals surface area contributed by atoms with E-state index in [0.717, 1.165) is 18.8 Å². The highest BCUT2D eigenvalue weighted by atomic mass is 15.3. The van der Waals surface area contributed by atoms with Crippen LogP contribution in [0, 0.1) is 5.92 Å². The van der Waals surface area contributed by atoms with E-state index in [2.05, 4.69) is 48.5 Å². The average Bonchev–Trinajstić information content (AvgIpc) is 2.57. The van der Waals surface area contributed by atoms with Crippen LogP contribution in [0.25, 0.3) is 10.9 Å². The van der Waals surface area contributed by atoms with Crippen LogP contribution in [-0.2, 0) is 13.6 Å². The smallest absolute Gasteiger partial charge is 0.0841 e. The van der Waals surface area contributed by atoms with E-state index in [4.69, 9.17) is 0 Å². The fraction of sp³-hybridized carbons (Fsp3) is 0.462. The SMILES string of the molecule is CC(C)CNCc1nn(C)c2ccccc12. The van der Waals surface area contributed by atoms with Crippen molar-refractivity contribution in [2.75, 3.05) is 6.54 Å². The monoisotopic (exact) mass is 217 g/mol. The molecule has 1 heterocycles. The van der Waals surface area contributed by atoms with E-state index in [1.165, 1.54) is 10.9 Å². The Morgan fingerprint density at radius 3 is 2.81 bits per heavy atom. The van der Waals surface area contributed by atoms with Crippen molar-refractivity contribution in [2.24, 2.45) is 13.0 Å². The van der Waals surface area contributed by atoms with Gasteiger partial charge in [0.2, 0.25) is 0 Å². The van der Waals surface area contributed by atoms with Gasteiger partial charge in [-0.25, -0.2) is 0 Å². The Balaban J connectivity index is 2.18. The van der Waals surface area contributed by atoms with Gasteiger partial charge < -0.3 is 5.32 Å². The van der Waals surface area contributed by atoms with Gasteiger partial charge in [0.25, 0.3) is 0 Å². The molecule has 1 aromatic heterocycles. The number of rotatable bonds is 4. The molecule has 0 saturated carbocycles. The molecule has 3 heteroatoms. The lowest BCUT2D eigenvalue weighted by Crippen LogP contribution is -2.19. The lowest BCUT2D eigenvalue weighted by atomic mass is 10.2. The number of aromatic nitrogens is 2. The minimum absolute atomic E-state index is 0.676. The van der Waals surface area contributed by atoms with E-state index in [0.29, 0.717) is 5.92 Å². The fourth-order valence-corrected chi connectivity index (χ4v) is 1.90. The van der Waals surface area contributed by atoms with Crippen molar-refractivity contribution in [1.82, 2.24) is 15.1 Å². The van der Waals surface area contributed by atoms with Gasteiger partial charge in [0, 0.05) is 19.0 Å². The van der Waals surface area contributed by atoms with E-state index in [9.17, 15) is 0 Å². The number of fused-ring (bicyclic) bond motifs is 1. The first-order valence-electron chi connectivity index (χ1n) is 5.80. The van der Waals surface area contributed by atoms with Crippen LogP contribution in [0.2, 0.25) is 0 Å². The highest BCUT2D eigenvalue weighted by molar-refractivity contribution is 5.81. The Labute approximate surface area is 96.5 Å². The van der Waals surface area contributed by atoms with Crippen LogP contribution in [-0.4, -0.2) is 16.3 Å². The number of para-hydroxylation sites is 1. The van der Waals surface area contributed by atoms with Crippen molar-refractivity contribution in [3.63, 3.8) is 0 Å². The Morgan fingerprint density at radius 1 is 1.31 bits per heavy atom. The third kappa shape index (κ3) is 2.25. The van der Waals surface area contributed by atoms with Gasteiger partial charge in [0.05, 0.1) is 11.2 Å². The molecule has 2 rings (SSSR count). The van der Waals surface area contributed by atoms with E-state index < -0.39 is 0 Å². The summed E-state index contributed by atoms with van der Waals surface area (Å²) in [5.41, 5.74) is 2.34. The minimum Gasteiger partial charge on any atom is -0.311 e. The number of benzene rings is 1. The van der Waals surface area contributed by atoms with Crippen LogP contribution in [0.1, 0.15) is 19.5 Å². The standard InChI is InChI=1S/C13H19N3/c1-10(2)8-14-9-12-11-6-4-5-7-13(11)16(3)15-12/h4-7,10,14H,8-9H2,1-3H3. The molecule has 3 nitrogen and oxygen atoms in total. The summed E-state index contributed by atoms with van der Waals surface area (Å²) in [6.45, 7) is 6.30. The quantitative estimate of drug-likeness (QED) is 0.851. The van der Waals surface area contributed by atoms with E-state index in [-0.39, 0.29) is 0 Å². The van der Waals surface area contributed by atoms with Gasteiger partial charge in [0.1, 0.15) is 0 Å². The van der Waals surface area contributed by atoms with Crippen LogP contribution in [0.3, 0.4) is 0 Å². The molecule has 2 aromatic rings. The molecule has 0 unspecified atom stereocenters. The number of nitrogens with zero attached hydrogens (tertiary/aromatic N) is 2. The van der Waals surface area contributed by atoms with Gasteiger partial charge in [-0.15, -0.1) is 0 Å². The molecule has 0 bridgehead atoms. The third-order valence-corrected chi connectivity index (χ3v) is 2.68. The molecule has 1 aromatic carbocycles. The van der Waals surface area contributed by atoms with Crippen LogP contribution in [0.5, 0.6) is 0 Å². The van der Waals surface area contributed by atoms with Crippen molar-refractivity contribution in [1.29, 1.82) is 0 Å². The predicted molar refractivity (Wildman–Crippen MR) is 67.3 cm³/mol. The van der Waals surface area contributed by atoms with Crippen LogP contribution in [0.4, 0.5) is 0 Å². The second-order valence-electron chi connectivity index (χ2n) is 4.61. The molecule has 0 amide bonds. The van der Waals surface area contributed by atoms with Gasteiger partial charge in [-0.3, -0.25) is 4.68 Å². The average molecular weight is 217 g/mol. The summed E-state index contributed by atoms with van der Waals surface area (Å²) in [5.74, 6) is 0.676. The van der Waals surface area contributed by atoms with E-state index >= 15 is 0 Å².